The number of pyridine rings is 2. The van der Waals surface area contributed by atoms with Gasteiger partial charge in [-0.2, -0.15) is 10.2 Å². The van der Waals surface area contributed by atoms with E-state index < -0.39 is 41.6 Å². The number of nitrogens with one attached hydrogen (secondary N) is 3. The van der Waals surface area contributed by atoms with E-state index in [4.69, 9.17) is 67.3 Å². The maximum atomic E-state index is 14.2. The van der Waals surface area contributed by atoms with Gasteiger partial charge >= 0.3 is 5.97 Å². The van der Waals surface area contributed by atoms with E-state index in [0.29, 0.717) is 119 Å². The molecule has 12 N–H and O–H groups in total. The molecule has 3 amide bonds. The summed E-state index contributed by atoms with van der Waals surface area (Å²) in [4.78, 5) is 66.1. The van der Waals surface area contributed by atoms with Gasteiger partial charge in [0, 0.05) is 137 Å². The van der Waals surface area contributed by atoms with Crippen LogP contribution in [0.25, 0.3) is 56.4 Å². The predicted octanol–water partition coefficient (Wildman–Crippen LogP) is 17.9. The molecular formula is C97H112Cl4F2N20O11. The molecule has 37 heteroatoms. The van der Waals surface area contributed by atoms with Crippen molar-refractivity contribution in [1.29, 1.82) is 0 Å². The molecule has 0 bridgehead atoms. The number of carbonyl (C=O) groups excluding carboxylic acids is 3. The molecule has 0 saturated carbocycles. The van der Waals surface area contributed by atoms with Crippen LogP contribution < -0.4 is 36.9 Å². The summed E-state index contributed by atoms with van der Waals surface area (Å²) in [7, 11) is 0. The van der Waals surface area contributed by atoms with Crippen LogP contribution in [0.2, 0.25) is 20.1 Å². The number of rotatable bonds is 26. The van der Waals surface area contributed by atoms with Crippen molar-refractivity contribution in [2.45, 2.75) is 163 Å². The second-order valence-corrected chi connectivity index (χ2v) is 35.8. The van der Waals surface area contributed by atoms with Crippen molar-refractivity contribution in [3.8, 4) is 90.9 Å². The number of nitrogens with two attached hydrogens (primary N) is 2. The molecule has 4 aliphatic heterocycles. The molecule has 10 heterocycles. The Hall–Kier alpha value is -12.5. The maximum absolute atomic E-state index is 14.2. The van der Waals surface area contributed by atoms with Gasteiger partial charge in [-0.15, -0.1) is 20.4 Å². The van der Waals surface area contributed by atoms with Crippen molar-refractivity contribution in [1.82, 2.24) is 89.7 Å². The predicted molar refractivity (Wildman–Crippen MR) is 511 cm³/mol. The molecule has 134 heavy (non-hydrogen) atoms. The quantitative estimate of drug-likeness (QED) is 0.0225. The minimum absolute atomic E-state index is 0. The maximum Gasteiger partial charge on any atom is 0.306 e. The summed E-state index contributed by atoms with van der Waals surface area (Å²) in [5.41, 5.74) is 21.6. The topological polar surface area (TPSA) is 409 Å². The number of hydrogen-bond acceptors (Lipinski definition) is 23. The van der Waals surface area contributed by atoms with E-state index in [1.54, 1.807) is 65.8 Å². The Kier molecular flexibility index (Phi) is 32.6. The zero-order valence-corrected chi connectivity index (χ0v) is 78.0. The average molecular weight is 1910 g/mol. The molecule has 0 radical (unpaired) electrons. The number of benzene rings is 6. The first kappa shape index (κ1) is 99.0. The number of piperidine rings is 4. The Morgan fingerprint density at radius 1 is 0.500 bits per heavy atom. The first-order valence-corrected chi connectivity index (χ1v) is 46.0. The SMILES string of the molecule is C.CCNC(=O)c1nnc(-c2cc(C(C)C)c(O)cc2O)n1-c1ccc(CN2CCC(C(=O)N3CCC(n4cc(-c5cnc(N)c(O[C@H](C)c6c(Cl)ccc(F)c6Cl)c5)cn4)CC3)CC2)cc1.CCNC(=O)c1nnc(-c2cc(C(C)C)c(O)cc2O)n1-c1ccc(CN2CCC(C(=O)O)CC2)cc1.C[C@@H](Oc1cc(-c2cnn(C3CCNCC3)c2)cnc1N)c1c(Cl)ccc(F)c1Cl. The first-order chi connectivity index (χ1) is 63.8. The van der Waals surface area contributed by atoms with Gasteiger partial charge in [0.1, 0.15) is 46.8 Å². The van der Waals surface area contributed by atoms with Gasteiger partial charge in [0.25, 0.3) is 11.8 Å². The van der Waals surface area contributed by atoms with E-state index in [9.17, 15) is 53.5 Å². The van der Waals surface area contributed by atoms with Gasteiger partial charge in [-0.1, -0.05) is 106 Å². The summed E-state index contributed by atoms with van der Waals surface area (Å²) in [6.45, 7) is 23.4. The van der Waals surface area contributed by atoms with E-state index in [-0.39, 0.29) is 116 Å². The zero-order valence-electron chi connectivity index (χ0n) is 74.9. The number of carboxylic acids is 1. The van der Waals surface area contributed by atoms with E-state index in [1.165, 1.54) is 36.4 Å². The fourth-order valence-corrected chi connectivity index (χ4v) is 18.5. The number of carbonyl (C=O) groups is 4. The van der Waals surface area contributed by atoms with E-state index >= 15 is 0 Å². The fourth-order valence-electron chi connectivity index (χ4n) is 17.1. The number of phenolic OH excluding ortho intramolecular Hbond substituents is 4. The number of phenols is 4. The van der Waals surface area contributed by atoms with Crippen molar-refractivity contribution >= 4 is 81.7 Å². The summed E-state index contributed by atoms with van der Waals surface area (Å²) in [5.74, 6) is -1.40. The summed E-state index contributed by atoms with van der Waals surface area (Å²) < 4.78 is 47.3. The van der Waals surface area contributed by atoms with E-state index in [2.05, 4.69) is 66.3 Å². The molecule has 4 saturated heterocycles. The lowest BCUT2D eigenvalue weighted by Crippen LogP contribution is -2.45. The lowest BCUT2D eigenvalue weighted by Gasteiger charge is -2.37. The molecular weight excluding hydrogens is 1800 g/mol. The summed E-state index contributed by atoms with van der Waals surface area (Å²) >= 11 is 24.9. The van der Waals surface area contributed by atoms with Crippen LogP contribution in [-0.2, 0) is 22.7 Å². The van der Waals surface area contributed by atoms with Crippen LogP contribution in [0.15, 0.2) is 146 Å². The van der Waals surface area contributed by atoms with Crippen LogP contribution >= 0.6 is 46.4 Å². The number of nitrogens with zero attached hydrogens (tertiary/aromatic N) is 15. The number of likely N-dealkylation sites (tertiary alicyclic amines) is 3. The number of aliphatic carboxylic acids is 1. The summed E-state index contributed by atoms with van der Waals surface area (Å²) in [5, 5.41) is 87.0. The minimum atomic E-state index is -0.725. The van der Waals surface area contributed by atoms with Gasteiger partial charge < -0.3 is 67.3 Å². The lowest BCUT2D eigenvalue weighted by molar-refractivity contribution is -0.143. The van der Waals surface area contributed by atoms with E-state index in [0.717, 1.165) is 111 Å². The summed E-state index contributed by atoms with van der Waals surface area (Å²) in [6, 6.07) is 30.8. The minimum Gasteiger partial charge on any atom is -0.508 e. The van der Waals surface area contributed by atoms with Gasteiger partial charge in [-0.05, 0) is 225 Å². The number of aromatic nitrogens is 12. The number of anilines is 2. The van der Waals surface area contributed by atoms with Gasteiger partial charge in [-0.3, -0.25) is 47.5 Å². The number of hydrogen-bond donors (Lipinski definition) is 10. The Labute approximate surface area is 795 Å². The number of halogens is 6. The molecule has 0 unspecified atom stereocenters. The van der Waals surface area contributed by atoms with Crippen LogP contribution in [-0.4, -0.2) is 188 Å². The largest absolute Gasteiger partial charge is 0.508 e. The molecule has 4 fully saturated rings. The number of carboxylic acid groups (broad SMARTS) is 1. The van der Waals surface area contributed by atoms with Crippen molar-refractivity contribution < 1.29 is 63.0 Å². The van der Waals surface area contributed by atoms with Crippen LogP contribution in [0.5, 0.6) is 34.5 Å². The normalized spacial score (nSPS) is 15.3. The van der Waals surface area contributed by atoms with Crippen molar-refractivity contribution in [3.63, 3.8) is 0 Å². The Balaban J connectivity index is 0.000000188. The molecule has 4 aliphatic rings. The highest BCUT2D eigenvalue weighted by molar-refractivity contribution is 6.36. The Morgan fingerprint density at radius 3 is 1.28 bits per heavy atom. The molecule has 0 aliphatic carbocycles. The highest BCUT2D eigenvalue weighted by Gasteiger charge is 2.35. The van der Waals surface area contributed by atoms with Gasteiger partial charge in [0.05, 0.1) is 51.6 Å². The number of amides is 3. The highest BCUT2D eigenvalue weighted by Crippen LogP contribution is 2.44. The third kappa shape index (κ3) is 22.8. The average Bonchev–Trinajstić information content (AvgIpc) is 1.61. The van der Waals surface area contributed by atoms with Crippen LogP contribution in [0.4, 0.5) is 20.4 Å². The molecule has 2 atom stereocenters. The standard InChI is InChI=1S/C48H53Cl2FN10O5.C27H33N5O5.C21H22Cl2FN5O.CH4/c1-5-53-47(64)46-57-56-45(36-21-35(27(2)3)39(62)22-40(36)63)61(46)34-8-6-29(7-9-34)25-58-16-12-30(13-17-58)48(65)59-18-14-33(15-19-59)60-26-32(24-55-60)31-20-41(44(52)54-23-31)66-28(4)42-37(49)10-11-38(51)43(42)50;1-4-28-26(35)25-30-29-24(21-13-20(16(2)3)22(33)14-23(21)34)32(25)19-7-5-17(6-8-19)15-31-11-9-18(10-12-31)27(36)37;1-12(19-16(22)2-3-17(24)20(19)23)30-18-8-13(9-27-21(18)25)14-10-28-29(11-14)15-4-6-26-7-5-15;/h6-11,20-24,26-28,30,33,62-63H,5,12-19,25H2,1-4H3,(H2,52,54)(H,53,64);5-8,13-14,16,18,33-34H,4,9-12,15H2,1-3H3,(H,28,35)(H,36,37);2-3,8-12,15,26H,4-7H2,1H3,(H2,25,27);1H4/t28-;;12-;/m1.1./s1. The molecule has 6 aromatic carbocycles. The lowest BCUT2D eigenvalue weighted by atomic mass is 9.93. The van der Waals surface area contributed by atoms with E-state index in [1.807, 2.05) is 123 Å². The molecule has 16 rings (SSSR count). The molecule has 0 spiro atoms. The van der Waals surface area contributed by atoms with Crippen LogP contribution in [0.3, 0.4) is 0 Å². The van der Waals surface area contributed by atoms with Crippen LogP contribution in [0, 0.1) is 23.5 Å². The smallest absolute Gasteiger partial charge is 0.306 e. The molecule has 6 aromatic heterocycles. The second kappa shape index (κ2) is 44.1. The van der Waals surface area contributed by atoms with Gasteiger partial charge in [0.2, 0.25) is 17.6 Å². The summed E-state index contributed by atoms with van der Waals surface area (Å²) in [6.07, 6.45) is 16.0. The third-order valence-electron chi connectivity index (χ3n) is 24.5. The van der Waals surface area contributed by atoms with Gasteiger partial charge in [-0.25, -0.2) is 18.7 Å². The molecule has 708 valence electrons. The first-order valence-electron chi connectivity index (χ1n) is 44.5. The van der Waals surface area contributed by atoms with Gasteiger partial charge in [0.15, 0.2) is 34.8 Å². The van der Waals surface area contributed by atoms with Crippen molar-refractivity contribution in [3.05, 3.63) is 223 Å². The van der Waals surface area contributed by atoms with Crippen LogP contribution in [0.1, 0.15) is 205 Å². The zero-order chi connectivity index (χ0) is 94.7. The number of ether oxygens (including phenoxy) is 2. The highest BCUT2D eigenvalue weighted by atomic mass is 35.5. The fraction of sp³-hybridized carbons (Fsp3) is 0.381. The molecule has 31 nitrogen and oxygen atoms in total. The van der Waals surface area contributed by atoms with Crippen molar-refractivity contribution in [2.75, 3.05) is 76.9 Å². The Morgan fingerprint density at radius 2 is 0.896 bits per heavy atom. The molecule has 12 aromatic rings. The number of nitrogen functional groups attached to an aromatic ring is 2. The third-order valence-corrected chi connectivity index (χ3v) is 26.0. The monoisotopic (exact) mass is 1910 g/mol. The second-order valence-electron chi connectivity index (χ2n) is 34.2. The number of aromatic hydroxyl groups is 4. The van der Waals surface area contributed by atoms with Crippen molar-refractivity contribution in [2.24, 2.45) is 11.8 Å². The Bertz CT molecular complexity index is 6160.